The summed E-state index contributed by atoms with van der Waals surface area (Å²) in [6, 6.07) is 0.166. The molecule has 1 aliphatic rings. The first-order valence-electron chi connectivity index (χ1n) is 3.42. The van der Waals surface area contributed by atoms with Gasteiger partial charge in [-0.15, -0.1) is 0 Å². The number of alkyl halides is 1. The molecule has 1 radical (unpaired) electrons. The second kappa shape index (κ2) is 3.16. The molecule has 1 aliphatic heterocycles. The van der Waals surface area contributed by atoms with Gasteiger partial charge in [0.05, 0.1) is 0 Å². The highest BCUT2D eigenvalue weighted by Crippen LogP contribution is 2.13. The third kappa shape index (κ3) is 1.65. The molecule has 0 saturated carbocycles. The zero-order valence-electron chi connectivity index (χ0n) is 5.81. The quantitative estimate of drug-likeness (QED) is 0.516. The standard InChI is InChI=1S/C7H13FN/c1-9-5-3-2-4-7(9)6-8/h2,7H,3-6H2,1H3/t7-/m1/s1. The fourth-order valence-electron chi connectivity index (χ4n) is 1.15. The first-order valence-corrected chi connectivity index (χ1v) is 3.42. The lowest BCUT2D eigenvalue weighted by atomic mass is 10.0. The topological polar surface area (TPSA) is 3.24 Å². The molecule has 9 heavy (non-hydrogen) atoms. The minimum atomic E-state index is -0.201. The lowest BCUT2D eigenvalue weighted by Crippen LogP contribution is -2.37. The number of nitrogens with zero attached hydrogens (tertiary/aromatic N) is 1. The van der Waals surface area contributed by atoms with Gasteiger partial charge in [0, 0.05) is 6.04 Å². The van der Waals surface area contributed by atoms with E-state index in [0.29, 0.717) is 0 Å². The summed E-state index contributed by atoms with van der Waals surface area (Å²) in [6.45, 7) is 0.821. The molecule has 1 heterocycles. The molecule has 0 aromatic rings. The van der Waals surface area contributed by atoms with Crippen molar-refractivity contribution in [3.63, 3.8) is 0 Å². The summed E-state index contributed by atoms with van der Waals surface area (Å²) in [7, 11) is 1.98. The van der Waals surface area contributed by atoms with Gasteiger partial charge in [-0.05, 0) is 32.9 Å². The summed E-state index contributed by atoms with van der Waals surface area (Å²) in [5.41, 5.74) is 0. The Balaban J connectivity index is 2.30. The maximum Gasteiger partial charge on any atom is 0.105 e. The Labute approximate surface area is 55.8 Å². The van der Waals surface area contributed by atoms with Gasteiger partial charge in [-0.2, -0.15) is 0 Å². The Morgan fingerprint density at radius 1 is 1.78 bits per heavy atom. The van der Waals surface area contributed by atoms with Crippen LogP contribution in [-0.2, 0) is 0 Å². The molecule has 0 aliphatic carbocycles. The van der Waals surface area contributed by atoms with Gasteiger partial charge in [0.15, 0.2) is 0 Å². The summed E-state index contributed by atoms with van der Waals surface area (Å²) in [5.74, 6) is 0. The van der Waals surface area contributed by atoms with Gasteiger partial charge in [0.25, 0.3) is 0 Å². The van der Waals surface area contributed by atoms with Crippen molar-refractivity contribution in [1.29, 1.82) is 0 Å². The van der Waals surface area contributed by atoms with E-state index in [9.17, 15) is 4.39 Å². The van der Waals surface area contributed by atoms with Crippen LogP contribution in [0.2, 0.25) is 0 Å². The van der Waals surface area contributed by atoms with Crippen LogP contribution in [0, 0.1) is 6.42 Å². The van der Waals surface area contributed by atoms with Crippen LogP contribution in [0.5, 0.6) is 0 Å². The van der Waals surface area contributed by atoms with E-state index in [1.54, 1.807) is 0 Å². The molecule has 1 saturated heterocycles. The van der Waals surface area contributed by atoms with Gasteiger partial charge in [0.1, 0.15) is 6.67 Å². The number of hydrogen-bond acceptors (Lipinski definition) is 1. The first-order chi connectivity index (χ1) is 4.34. The van der Waals surface area contributed by atoms with Crippen molar-refractivity contribution in [2.24, 2.45) is 0 Å². The fourth-order valence-corrected chi connectivity index (χ4v) is 1.15. The minimum absolute atomic E-state index is 0.166. The molecule has 1 rings (SSSR count). The van der Waals surface area contributed by atoms with Crippen LogP contribution in [0.25, 0.3) is 0 Å². The summed E-state index contributed by atoms with van der Waals surface area (Å²) >= 11 is 0. The average molecular weight is 130 g/mol. The molecule has 1 nitrogen and oxygen atoms in total. The zero-order valence-corrected chi connectivity index (χ0v) is 5.81. The SMILES string of the molecule is CN1CC[CH]C[C@@H]1CF. The number of halogens is 1. The average Bonchev–Trinajstić information content (AvgIpc) is 1.89. The van der Waals surface area contributed by atoms with Crippen molar-refractivity contribution < 1.29 is 4.39 Å². The van der Waals surface area contributed by atoms with Crippen LogP contribution in [0.3, 0.4) is 0 Å². The lowest BCUT2D eigenvalue weighted by molar-refractivity contribution is 0.178. The van der Waals surface area contributed by atoms with E-state index in [2.05, 4.69) is 11.3 Å². The van der Waals surface area contributed by atoms with E-state index in [4.69, 9.17) is 0 Å². The van der Waals surface area contributed by atoms with E-state index in [1.807, 2.05) is 7.05 Å². The summed E-state index contributed by atoms with van der Waals surface area (Å²) in [4.78, 5) is 2.08. The van der Waals surface area contributed by atoms with Gasteiger partial charge in [-0.25, -0.2) is 4.39 Å². The van der Waals surface area contributed by atoms with Crippen LogP contribution in [0.1, 0.15) is 12.8 Å². The van der Waals surface area contributed by atoms with Crippen molar-refractivity contribution >= 4 is 0 Å². The minimum Gasteiger partial charge on any atom is -0.301 e. The summed E-state index contributed by atoms with van der Waals surface area (Å²) < 4.78 is 12.1. The third-order valence-electron chi connectivity index (χ3n) is 1.93. The molecule has 0 unspecified atom stereocenters. The largest absolute Gasteiger partial charge is 0.301 e. The highest BCUT2D eigenvalue weighted by atomic mass is 19.1. The zero-order chi connectivity index (χ0) is 6.69. The second-order valence-corrected chi connectivity index (χ2v) is 2.60. The molecule has 0 aromatic carbocycles. The predicted molar refractivity (Wildman–Crippen MR) is 35.9 cm³/mol. The normalized spacial score (nSPS) is 30.7. The Hall–Kier alpha value is -0.110. The molecule has 1 fully saturated rings. The maximum absolute atomic E-state index is 12.1. The van der Waals surface area contributed by atoms with Crippen molar-refractivity contribution in [3.8, 4) is 0 Å². The fraction of sp³-hybridized carbons (Fsp3) is 0.857. The molecule has 2 heteroatoms. The van der Waals surface area contributed by atoms with E-state index in [1.165, 1.54) is 0 Å². The molecular weight excluding hydrogens is 117 g/mol. The number of likely N-dealkylation sites (tertiary alicyclic amines) is 1. The highest BCUT2D eigenvalue weighted by Gasteiger charge is 2.17. The van der Waals surface area contributed by atoms with Gasteiger partial charge >= 0.3 is 0 Å². The molecule has 0 N–H and O–H groups in total. The molecule has 0 bridgehead atoms. The van der Waals surface area contributed by atoms with Gasteiger partial charge in [-0.3, -0.25) is 0 Å². The molecule has 53 valence electrons. The molecular formula is C7H13FN. The third-order valence-corrected chi connectivity index (χ3v) is 1.93. The van der Waals surface area contributed by atoms with E-state index in [0.717, 1.165) is 19.4 Å². The van der Waals surface area contributed by atoms with E-state index >= 15 is 0 Å². The predicted octanol–water partition coefficient (Wildman–Crippen LogP) is 1.25. The molecule has 0 spiro atoms. The Bertz CT molecular complexity index is 85.0. The van der Waals surface area contributed by atoms with Crippen LogP contribution in [-0.4, -0.2) is 31.2 Å². The van der Waals surface area contributed by atoms with Crippen LogP contribution in [0.4, 0.5) is 4.39 Å². The van der Waals surface area contributed by atoms with Crippen molar-refractivity contribution in [1.82, 2.24) is 4.90 Å². The Morgan fingerprint density at radius 3 is 3.00 bits per heavy atom. The number of rotatable bonds is 1. The van der Waals surface area contributed by atoms with E-state index < -0.39 is 0 Å². The highest BCUT2D eigenvalue weighted by molar-refractivity contribution is 4.83. The monoisotopic (exact) mass is 130 g/mol. The summed E-state index contributed by atoms with van der Waals surface area (Å²) in [5, 5.41) is 0. The van der Waals surface area contributed by atoms with Gasteiger partial charge in [0.2, 0.25) is 0 Å². The Kier molecular flexibility index (Phi) is 2.46. The first kappa shape index (κ1) is 7.00. The molecule has 0 aromatic heterocycles. The van der Waals surface area contributed by atoms with E-state index in [-0.39, 0.29) is 12.7 Å². The number of piperidine rings is 1. The molecule has 1 atom stereocenters. The van der Waals surface area contributed by atoms with Gasteiger partial charge in [-0.1, -0.05) is 0 Å². The van der Waals surface area contributed by atoms with Crippen molar-refractivity contribution in [3.05, 3.63) is 6.42 Å². The van der Waals surface area contributed by atoms with Crippen molar-refractivity contribution in [2.75, 3.05) is 20.3 Å². The van der Waals surface area contributed by atoms with Crippen LogP contribution < -0.4 is 0 Å². The van der Waals surface area contributed by atoms with Crippen LogP contribution in [0.15, 0.2) is 0 Å². The lowest BCUT2D eigenvalue weighted by Gasteiger charge is -2.29. The number of hydrogen-bond donors (Lipinski definition) is 0. The maximum atomic E-state index is 12.1. The second-order valence-electron chi connectivity index (χ2n) is 2.60. The summed E-state index contributed by atoms with van der Waals surface area (Å²) in [6.07, 6.45) is 4.21. The smallest absolute Gasteiger partial charge is 0.105 e. The van der Waals surface area contributed by atoms with Crippen LogP contribution >= 0.6 is 0 Å². The Morgan fingerprint density at radius 2 is 2.56 bits per heavy atom. The van der Waals surface area contributed by atoms with Crippen molar-refractivity contribution in [2.45, 2.75) is 18.9 Å². The molecule has 0 amide bonds. The van der Waals surface area contributed by atoms with Gasteiger partial charge < -0.3 is 4.90 Å².